The molecule has 0 aliphatic carbocycles. The van der Waals surface area contributed by atoms with Crippen molar-refractivity contribution in [2.75, 3.05) is 0 Å². The average Bonchev–Trinajstić information content (AvgIpc) is 2.79. The Kier molecular flexibility index (Phi) is 1.83. The summed E-state index contributed by atoms with van der Waals surface area (Å²) in [5, 5.41) is 0. The van der Waals surface area contributed by atoms with Crippen LogP contribution >= 0.6 is 0 Å². The van der Waals surface area contributed by atoms with Crippen LogP contribution < -0.4 is 4.74 Å². The molecule has 13 heavy (non-hydrogen) atoms. The second kappa shape index (κ2) is 2.76. The first kappa shape index (κ1) is 8.61. The lowest BCUT2D eigenvalue weighted by Crippen LogP contribution is -1.95. The standard InChI is InChI=1S/C12H16O/c1-7(2)9-5-6-10-12(13-10)11(9)8(3)4/h5-8H,1-4H3. The van der Waals surface area contributed by atoms with E-state index in [2.05, 4.69) is 39.8 Å². The predicted molar refractivity (Wildman–Crippen MR) is 54.7 cm³/mol. The van der Waals surface area contributed by atoms with Crippen LogP contribution in [0.25, 0.3) is 0 Å². The zero-order valence-electron chi connectivity index (χ0n) is 8.72. The van der Waals surface area contributed by atoms with E-state index in [0.717, 1.165) is 11.5 Å². The lowest BCUT2D eigenvalue weighted by molar-refractivity contribution is 0.635. The van der Waals surface area contributed by atoms with E-state index >= 15 is 0 Å². The summed E-state index contributed by atoms with van der Waals surface area (Å²) in [5.74, 6) is 3.37. The maximum Gasteiger partial charge on any atom is 0.173 e. The fourth-order valence-electron chi connectivity index (χ4n) is 1.87. The van der Waals surface area contributed by atoms with Gasteiger partial charge in [-0.05, 0) is 23.5 Å². The highest BCUT2D eigenvalue weighted by Crippen LogP contribution is 2.52. The molecule has 0 unspecified atom stereocenters. The summed E-state index contributed by atoms with van der Waals surface area (Å²) >= 11 is 0. The van der Waals surface area contributed by atoms with Crippen molar-refractivity contribution in [2.24, 2.45) is 0 Å². The summed E-state index contributed by atoms with van der Waals surface area (Å²) in [6, 6.07) is 4.28. The number of ether oxygens (including phenoxy) is 1. The monoisotopic (exact) mass is 176 g/mol. The van der Waals surface area contributed by atoms with Gasteiger partial charge in [-0.15, -0.1) is 0 Å². The van der Waals surface area contributed by atoms with Crippen LogP contribution in [0.5, 0.6) is 11.5 Å². The number of benzene rings is 1. The van der Waals surface area contributed by atoms with Crippen LogP contribution in [0.2, 0.25) is 0 Å². The summed E-state index contributed by atoms with van der Waals surface area (Å²) in [6.07, 6.45) is 0. The molecule has 0 fully saturated rings. The van der Waals surface area contributed by atoms with Crippen molar-refractivity contribution < 1.29 is 4.74 Å². The quantitative estimate of drug-likeness (QED) is 0.629. The molecule has 1 aromatic carbocycles. The lowest BCUT2D eigenvalue weighted by Gasteiger charge is -2.12. The third kappa shape index (κ3) is 1.32. The number of fused-ring (bicyclic) bond motifs is 1. The van der Waals surface area contributed by atoms with Gasteiger partial charge in [-0.3, -0.25) is 0 Å². The molecule has 0 amide bonds. The predicted octanol–water partition coefficient (Wildman–Crippen LogP) is 4.04. The normalized spacial score (nSPS) is 13.1. The molecule has 1 nitrogen and oxygen atoms in total. The first-order valence-corrected chi connectivity index (χ1v) is 4.96. The molecular weight excluding hydrogens is 160 g/mol. The van der Waals surface area contributed by atoms with Gasteiger partial charge in [0.05, 0.1) is 0 Å². The highest BCUT2D eigenvalue weighted by Gasteiger charge is 2.28. The molecule has 0 bridgehead atoms. The van der Waals surface area contributed by atoms with E-state index in [1.165, 1.54) is 11.1 Å². The van der Waals surface area contributed by atoms with Crippen molar-refractivity contribution in [3.05, 3.63) is 23.3 Å². The molecule has 70 valence electrons. The second-order valence-electron chi connectivity index (χ2n) is 4.31. The first-order valence-electron chi connectivity index (χ1n) is 4.96. The highest BCUT2D eigenvalue weighted by molar-refractivity contribution is 5.63. The van der Waals surface area contributed by atoms with Crippen LogP contribution in [-0.2, 0) is 0 Å². The smallest absolute Gasteiger partial charge is 0.173 e. The van der Waals surface area contributed by atoms with E-state index in [4.69, 9.17) is 4.74 Å². The number of rotatable bonds is 2. The molecule has 1 heteroatoms. The number of hydrogen-bond donors (Lipinski definition) is 0. The van der Waals surface area contributed by atoms with E-state index in [0.29, 0.717) is 11.8 Å². The van der Waals surface area contributed by atoms with Gasteiger partial charge in [0.1, 0.15) is 0 Å². The SMILES string of the molecule is CC(C)c1ccc2c(c1C(C)C)O2. The molecule has 0 atom stereocenters. The van der Waals surface area contributed by atoms with Crippen molar-refractivity contribution in [2.45, 2.75) is 39.5 Å². The van der Waals surface area contributed by atoms with E-state index in [-0.39, 0.29) is 0 Å². The van der Waals surface area contributed by atoms with E-state index < -0.39 is 0 Å². The van der Waals surface area contributed by atoms with Crippen LogP contribution in [0.1, 0.15) is 50.7 Å². The summed E-state index contributed by atoms with van der Waals surface area (Å²) in [5.41, 5.74) is 2.85. The van der Waals surface area contributed by atoms with Crippen LogP contribution in [-0.4, -0.2) is 0 Å². The van der Waals surface area contributed by atoms with Gasteiger partial charge in [0.2, 0.25) is 0 Å². The van der Waals surface area contributed by atoms with E-state index in [9.17, 15) is 0 Å². The van der Waals surface area contributed by atoms with Crippen molar-refractivity contribution in [1.82, 2.24) is 0 Å². The molecule has 0 spiro atoms. The minimum Gasteiger partial charge on any atom is -0.449 e. The van der Waals surface area contributed by atoms with Gasteiger partial charge in [0, 0.05) is 5.56 Å². The zero-order valence-corrected chi connectivity index (χ0v) is 8.72. The molecule has 1 aliphatic rings. The van der Waals surface area contributed by atoms with Gasteiger partial charge in [-0.2, -0.15) is 0 Å². The maximum absolute atomic E-state index is 5.42. The Bertz CT molecular complexity index is 337. The Labute approximate surface area is 79.7 Å². The molecule has 1 heterocycles. The fraction of sp³-hybridized carbons (Fsp3) is 0.500. The van der Waals surface area contributed by atoms with Crippen molar-refractivity contribution in [3.8, 4) is 11.5 Å². The van der Waals surface area contributed by atoms with Gasteiger partial charge in [0.25, 0.3) is 0 Å². The summed E-state index contributed by atoms with van der Waals surface area (Å²) in [7, 11) is 0. The van der Waals surface area contributed by atoms with Crippen LogP contribution in [0.4, 0.5) is 0 Å². The summed E-state index contributed by atoms with van der Waals surface area (Å²) in [6.45, 7) is 8.92. The molecule has 0 saturated heterocycles. The molecule has 0 aromatic heterocycles. The van der Waals surface area contributed by atoms with Gasteiger partial charge in [-0.25, -0.2) is 0 Å². The Balaban J connectivity index is 2.52. The summed E-state index contributed by atoms with van der Waals surface area (Å²) in [4.78, 5) is 0. The molecule has 1 aromatic rings. The van der Waals surface area contributed by atoms with E-state index in [1.54, 1.807) is 0 Å². The second-order valence-corrected chi connectivity index (χ2v) is 4.31. The van der Waals surface area contributed by atoms with Crippen molar-refractivity contribution in [1.29, 1.82) is 0 Å². The Morgan fingerprint density at radius 2 is 1.69 bits per heavy atom. The fourth-order valence-corrected chi connectivity index (χ4v) is 1.87. The Morgan fingerprint density at radius 1 is 1.00 bits per heavy atom. The van der Waals surface area contributed by atoms with Crippen molar-refractivity contribution in [3.63, 3.8) is 0 Å². The Hall–Kier alpha value is -0.980. The molecule has 0 saturated carbocycles. The highest BCUT2D eigenvalue weighted by atomic mass is 16.6. The molecule has 1 aliphatic heterocycles. The largest absolute Gasteiger partial charge is 0.449 e. The zero-order chi connectivity index (χ0) is 9.59. The first-order chi connectivity index (χ1) is 6.11. The maximum atomic E-state index is 5.42. The average molecular weight is 176 g/mol. The summed E-state index contributed by atoms with van der Waals surface area (Å²) < 4.78 is 5.42. The minimum atomic E-state index is 0.565. The van der Waals surface area contributed by atoms with Gasteiger partial charge in [-0.1, -0.05) is 33.8 Å². The van der Waals surface area contributed by atoms with E-state index in [1.807, 2.05) is 0 Å². The minimum absolute atomic E-state index is 0.565. The third-order valence-electron chi connectivity index (χ3n) is 2.56. The van der Waals surface area contributed by atoms with Crippen LogP contribution in [0, 0.1) is 0 Å². The third-order valence-corrected chi connectivity index (χ3v) is 2.56. The van der Waals surface area contributed by atoms with Gasteiger partial charge < -0.3 is 4.74 Å². The van der Waals surface area contributed by atoms with Gasteiger partial charge in [0.15, 0.2) is 11.5 Å². The number of hydrogen-bond acceptors (Lipinski definition) is 1. The molecule has 0 N–H and O–H groups in total. The topological polar surface area (TPSA) is 12.5 Å². The molecule has 2 rings (SSSR count). The molecule has 0 radical (unpaired) electrons. The van der Waals surface area contributed by atoms with Crippen LogP contribution in [0.15, 0.2) is 12.1 Å². The molecular formula is C12H16O. The lowest BCUT2D eigenvalue weighted by atomic mass is 9.91. The van der Waals surface area contributed by atoms with Gasteiger partial charge >= 0.3 is 0 Å². The van der Waals surface area contributed by atoms with Crippen LogP contribution in [0.3, 0.4) is 0 Å². The Morgan fingerprint density at radius 3 is 2.23 bits per heavy atom. The van der Waals surface area contributed by atoms with Crippen molar-refractivity contribution >= 4 is 0 Å².